The molecule has 2 heterocycles. The summed E-state index contributed by atoms with van der Waals surface area (Å²) in [5.41, 5.74) is 8.61. The highest BCUT2D eigenvalue weighted by molar-refractivity contribution is 6.30. The lowest BCUT2D eigenvalue weighted by atomic mass is 9.90. The second kappa shape index (κ2) is 4.72. The first-order chi connectivity index (χ1) is 8.65. The van der Waals surface area contributed by atoms with Gasteiger partial charge in [0.2, 0.25) is 0 Å². The minimum atomic E-state index is -0.0551. The molecule has 2 N–H and O–H groups in total. The van der Waals surface area contributed by atoms with Gasteiger partial charge in [0, 0.05) is 29.0 Å². The molecule has 1 fully saturated rings. The van der Waals surface area contributed by atoms with Gasteiger partial charge in [-0.25, -0.2) is 0 Å². The number of rotatable bonds is 2. The number of nitrogens with two attached hydrogens (primary N) is 1. The third-order valence-electron chi connectivity index (χ3n) is 3.87. The number of fused-ring (bicyclic) bond motifs is 1. The number of ether oxygens (including phenoxy) is 2. The summed E-state index contributed by atoms with van der Waals surface area (Å²) in [6, 6.07) is 3.87. The Kier molecular flexibility index (Phi) is 3.22. The molecule has 0 saturated carbocycles. The van der Waals surface area contributed by atoms with Gasteiger partial charge in [-0.1, -0.05) is 11.6 Å². The lowest BCUT2D eigenvalue weighted by Gasteiger charge is -2.20. The summed E-state index contributed by atoms with van der Waals surface area (Å²) in [4.78, 5) is 0. The second-order valence-corrected chi connectivity index (χ2v) is 5.68. The molecule has 3 rings (SSSR count). The van der Waals surface area contributed by atoms with Crippen LogP contribution in [0.1, 0.15) is 30.5 Å². The standard InChI is InChI=1S/C14H18ClNO2/c1-8-4-10(7-18-8)13(16)12-6-11(15)5-9-2-3-17-14(9)12/h5-6,8,10,13H,2-4,7,16H2,1H3. The fourth-order valence-corrected chi connectivity index (χ4v) is 3.15. The average Bonchev–Trinajstić information content (AvgIpc) is 2.95. The highest BCUT2D eigenvalue weighted by Crippen LogP contribution is 2.40. The molecule has 1 aromatic carbocycles. The van der Waals surface area contributed by atoms with Crippen molar-refractivity contribution in [3.05, 3.63) is 28.3 Å². The summed E-state index contributed by atoms with van der Waals surface area (Å²) in [7, 11) is 0. The summed E-state index contributed by atoms with van der Waals surface area (Å²) in [5, 5.41) is 0.747. The lowest BCUT2D eigenvalue weighted by molar-refractivity contribution is 0.118. The Balaban J connectivity index is 1.92. The number of benzene rings is 1. The zero-order valence-corrected chi connectivity index (χ0v) is 11.2. The first-order valence-corrected chi connectivity index (χ1v) is 6.85. The molecule has 98 valence electrons. The highest BCUT2D eigenvalue weighted by Gasteiger charge is 2.31. The van der Waals surface area contributed by atoms with Gasteiger partial charge in [-0.15, -0.1) is 0 Å². The second-order valence-electron chi connectivity index (χ2n) is 5.25. The summed E-state index contributed by atoms with van der Waals surface area (Å²) in [6.45, 7) is 3.54. The fraction of sp³-hybridized carbons (Fsp3) is 0.571. The van der Waals surface area contributed by atoms with E-state index in [-0.39, 0.29) is 6.04 Å². The first kappa shape index (κ1) is 12.3. The molecule has 0 radical (unpaired) electrons. The molecule has 1 aromatic rings. The highest BCUT2D eigenvalue weighted by atomic mass is 35.5. The molecule has 3 nitrogen and oxygen atoms in total. The van der Waals surface area contributed by atoms with Gasteiger partial charge in [-0.05, 0) is 31.0 Å². The van der Waals surface area contributed by atoms with Crippen LogP contribution in [-0.4, -0.2) is 19.3 Å². The predicted octanol–water partition coefficient (Wildman–Crippen LogP) is 2.70. The Labute approximate surface area is 112 Å². The van der Waals surface area contributed by atoms with Gasteiger partial charge in [-0.3, -0.25) is 0 Å². The van der Waals surface area contributed by atoms with Crippen molar-refractivity contribution >= 4 is 11.6 Å². The third-order valence-corrected chi connectivity index (χ3v) is 4.09. The SMILES string of the molecule is CC1CC(C(N)c2cc(Cl)cc3c2OCC3)CO1. The van der Waals surface area contributed by atoms with Crippen LogP contribution in [0.5, 0.6) is 5.75 Å². The van der Waals surface area contributed by atoms with Gasteiger partial charge in [-0.2, -0.15) is 0 Å². The van der Waals surface area contributed by atoms with E-state index in [1.807, 2.05) is 12.1 Å². The van der Waals surface area contributed by atoms with E-state index in [9.17, 15) is 0 Å². The molecule has 2 aliphatic rings. The zero-order valence-electron chi connectivity index (χ0n) is 10.5. The van der Waals surface area contributed by atoms with Crippen molar-refractivity contribution in [2.24, 2.45) is 11.7 Å². The van der Waals surface area contributed by atoms with Crippen molar-refractivity contribution in [3.8, 4) is 5.75 Å². The molecule has 4 heteroatoms. The molecule has 2 aliphatic heterocycles. The van der Waals surface area contributed by atoms with E-state index in [0.29, 0.717) is 12.0 Å². The molecule has 0 amide bonds. The van der Waals surface area contributed by atoms with E-state index in [1.165, 1.54) is 5.56 Å². The summed E-state index contributed by atoms with van der Waals surface area (Å²) >= 11 is 6.17. The minimum Gasteiger partial charge on any atom is -0.493 e. The average molecular weight is 268 g/mol. The van der Waals surface area contributed by atoms with E-state index in [2.05, 4.69) is 6.92 Å². The van der Waals surface area contributed by atoms with E-state index in [4.69, 9.17) is 26.8 Å². The van der Waals surface area contributed by atoms with Gasteiger partial charge in [0.25, 0.3) is 0 Å². The Bertz CT molecular complexity index is 463. The largest absolute Gasteiger partial charge is 0.493 e. The number of halogens is 1. The van der Waals surface area contributed by atoms with Crippen molar-refractivity contribution in [1.29, 1.82) is 0 Å². The molecule has 18 heavy (non-hydrogen) atoms. The van der Waals surface area contributed by atoms with Gasteiger partial charge in [0.1, 0.15) is 5.75 Å². The van der Waals surface area contributed by atoms with Crippen molar-refractivity contribution in [3.63, 3.8) is 0 Å². The maximum atomic E-state index is 6.39. The van der Waals surface area contributed by atoms with E-state index in [1.54, 1.807) is 0 Å². The van der Waals surface area contributed by atoms with Gasteiger partial charge < -0.3 is 15.2 Å². The number of hydrogen-bond acceptors (Lipinski definition) is 3. The smallest absolute Gasteiger partial charge is 0.127 e. The lowest BCUT2D eigenvalue weighted by Crippen LogP contribution is -2.22. The van der Waals surface area contributed by atoms with E-state index < -0.39 is 0 Å². The molecule has 0 aromatic heterocycles. The quantitative estimate of drug-likeness (QED) is 0.896. The maximum Gasteiger partial charge on any atom is 0.127 e. The zero-order chi connectivity index (χ0) is 12.7. The van der Waals surface area contributed by atoms with Crippen molar-refractivity contribution in [2.75, 3.05) is 13.2 Å². The monoisotopic (exact) mass is 267 g/mol. The Morgan fingerprint density at radius 3 is 3.00 bits per heavy atom. The van der Waals surface area contributed by atoms with Gasteiger partial charge in [0.15, 0.2) is 0 Å². The topological polar surface area (TPSA) is 44.5 Å². The Morgan fingerprint density at radius 1 is 1.44 bits per heavy atom. The fourth-order valence-electron chi connectivity index (χ4n) is 2.90. The molecule has 0 spiro atoms. The molecular formula is C14H18ClNO2. The van der Waals surface area contributed by atoms with Gasteiger partial charge in [0.05, 0.1) is 19.3 Å². The van der Waals surface area contributed by atoms with Crippen molar-refractivity contribution in [1.82, 2.24) is 0 Å². The summed E-state index contributed by atoms with van der Waals surface area (Å²) in [5.74, 6) is 1.30. The summed E-state index contributed by atoms with van der Waals surface area (Å²) in [6.07, 6.45) is 2.23. The number of hydrogen-bond donors (Lipinski definition) is 1. The van der Waals surface area contributed by atoms with Gasteiger partial charge >= 0.3 is 0 Å². The van der Waals surface area contributed by atoms with Crippen LogP contribution < -0.4 is 10.5 Å². The molecule has 1 saturated heterocycles. The van der Waals surface area contributed by atoms with Crippen molar-refractivity contribution < 1.29 is 9.47 Å². The molecular weight excluding hydrogens is 250 g/mol. The maximum absolute atomic E-state index is 6.39. The molecule has 3 unspecified atom stereocenters. The molecule has 0 aliphatic carbocycles. The minimum absolute atomic E-state index is 0.0551. The Hall–Kier alpha value is -0.770. The van der Waals surface area contributed by atoms with Crippen LogP contribution in [0.25, 0.3) is 0 Å². The van der Waals surface area contributed by atoms with E-state index >= 15 is 0 Å². The van der Waals surface area contributed by atoms with Crippen LogP contribution in [0.15, 0.2) is 12.1 Å². The third kappa shape index (κ3) is 2.11. The van der Waals surface area contributed by atoms with Crippen molar-refractivity contribution in [2.45, 2.75) is 31.9 Å². The molecule has 0 bridgehead atoms. The van der Waals surface area contributed by atoms with Crippen LogP contribution >= 0.6 is 11.6 Å². The summed E-state index contributed by atoms with van der Waals surface area (Å²) < 4.78 is 11.3. The van der Waals surface area contributed by atoms with Crippen LogP contribution in [0.3, 0.4) is 0 Å². The normalized spacial score (nSPS) is 27.9. The van der Waals surface area contributed by atoms with Crippen LogP contribution in [0.4, 0.5) is 0 Å². The Morgan fingerprint density at radius 2 is 2.28 bits per heavy atom. The predicted molar refractivity (Wildman–Crippen MR) is 71.1 cm³/mol. The molecule has 3 atom stereocenters. The van der Waals surface area contributed by atoms with Crippen LogP contribution in [-0.2, 0) is 11.2 Å². The van der Waals surface area contributed by atoms with Crippen LogP contribution in [0, 0.1) is 5.92 Å². The first-order valence-electron chi connectivity index (χ1n) is 6.47. The van der Waals surface area contributed by atoms with E-state index in [0.717, 1.165) is 42.4 Å². The van der Waals surface area contributed by atoms with Crippen LogP contribution in [0.2, 0.25) is 5.02 Å².